The molecular weight excluding hydrogens is 212 g/mol. The average molecular weight is 246 g/mol. The molecule has 0 heterocycles. The Kier molecular flexibility index (Phi) is 15.8. The minimum absolute atomic E-state index is 0.367. The fraction of sp³-hybridized carbons (Fsp3) is 1.00. The van der Waals surface area contributed by atoms with Crippen LogP contribution in [0.5, 0.6) is 0 Å². The van der Waals surface area contributed by atoms with Gasteiger partial charge in [0.15, 0.2) is 0 Å². The monoisotopic (exact) mass is 246 g/mol. The molecule has 0 saturated carbocycles. The number of hydrogen-bond acceptors (Lipinski definition) is 2. The van der Waals surface area contributed by atoms with E-state index in [1.54, 1.807) is 0 Å². The topological polar surface area (TPSA) is 40.5 Å². The lowest BCUT2D eigenvalue weighted by molar-refractivity contribution is 0.0285. The van der Waals surface area contributed by atoms with E-state index < -0.39 is 0 Å². The van der Waals surface area contributed by atoms with Crippen molar-refractivity contribution < 1.29 is 10.2 Å². The van der Waals surface area contributed by atoms with Gasteiger partial charge in [-0.15, -0.1) is 0 Å². The Labute approximate surface area is 108 Å². The molecule has 0 aromatic heterocycles. The largest absolute Gasteiger partial charge is 0.396 e. The van der Waals surface area contributed by atoms with E-state index >= 15 is 0 Å². The maximum atomic E-state index is 9.44. The van der Waals surface area contributed by atoms with Crippen molar-refractivity contribution in [3.8, 4) is 0 Å². The number of aliphatic hydroxyl groups is 2. The van der Waals surface area contributed by atoms with Crippen LogP contribution in [0.3, 0.4) is 0 Å². The van der Waals surface area contributed by atoms with E-state index in [9.17, 15) is 5.11 Å². The molecule has 0 aromatic rings. The summed E-state index contributed by atoms with van der Waals surface area (Å²) in [5, 5.41) is 17.9. The van der Waals surface area contributed by atoms with Gasteiger partial charge in [-0.3, -0.25) is 0 Å². The predicted octanol–water partition coefficient (Wildman–Crippen LogP) is 4.29. The molecule has 0 bridgehead atoms. The second-order valence-electron chi connectivity index (χ2n) is 4.78. The highest BCUT2D eigenvalue weighted by atomic mass is 16.3. The van der Waals surface area contributed by atoms with Crippen LogP contribution < -0.4 is 0 Å². The van der Waals surface area contributed by atoms with E-state index in [2.05, 4.69) is 6.92 Å². The summed E-state index contributed by atoms with van der Waals surface area (Å²) in [6.07, 6.45) is 10.1. The molecule has 0 atom stereocenters. The Hall–Kier alpha value is -0.0800. The van der Waals surface area contributed by atoms with Crippen molar-refractivity contribution in [1.82, 2.24) is 0 Å². The van der Waals surface area contributed by atoms with Crippen LogP contribution in [0.25, 0.3) is 0 Å². The summed E-state index contributed by atoms with van der Waals surface area (Å²) in [6, 6.07) is 0. The molecule has 0 spiro atoms. The molecule has 17 heavy (non-hydrogen) atoms. The van der Waals surface area contributed by atoms with Crippen molar-refractivity contribution in [3.63, 3.8) is 0 Å². The molecule has 106 valence electrons. The van der Waals surface area contributed by atoms with Crippen molar-refractivity contribution >= 4 is 0 Å². The highest BCUT2D eigenvalue weighted by Gasteiger charge is 2.17. The molecule has 0 unspecified atom stereocenters. The molecular formula is C15H34O2. The van der Waals surface area contributed by atoms with Gasteiger partial charge in [0.1, 0.15) is 0 Å². The van der Waals surface area contributed by atoms with Gasteiger partial charge in [0.2, 0.25) is 0 Å². The third-order valence-corrected chi connectivity index (χ3v) is 3.49. The summed E-state index contributed by atoms with van der Waals surface area (Å²) in [5.41, 5.74) is -0.375. The molecule has 0 saturated heterocycles. The number of aliphatic hydroxyl groups excluding tert-OH is 1. The first-order valence-electron chi connectivity index (χ1n) is 7.43. The van der Waals surface area contributed by atoms with Crippen LogP contribution in [0.2, 0.25) is 0 Å². The fourth-order valence-electron chi connectivity index (χ4n) is 1.64. The van der Waals surface area contributed by atoms with E-state index in [0.29, 0.717) is 6.61 Å². The lowest BCUT2D eigenvalue weighted by Gasteiger charge is -2.22. The summed E-state index contributed by atoms with van der Waals surface area (Å²) >= 11 is 0. The number of hydrogen-bond donors (Lipinski definition) is 2. The first-order chi connectivity index (χ1) is 8.10. The highest BCUT2D eigenvalue weighted by Crippen LogP contribution is 2.17. The standard InChI is InChI=1S/C8H18O.C7H16O/c1-2-3-4-5-6-7-8-9;1-4-7(8,5-2)6-3/h9H,2-8H2,1H3;8H,4-6H2,1-3H3. The molecule has 0 aliphatic heterocycles. The zero-order valence-corrected chi connectivity index (χ0v) is 12.5. The first-order valence-corrected chi connectivity index (χ1v) is 7.43. The van der Waals surface area contributed by atoms with E-state index in [-0.39, 0.29) is 5.60 Å². The molecule has 2 N–H and O–H groups in total. The quantitative estimate of drug-likeness (QED) is 0.596. The second kappa shape index (κ2) is 14.0. The van der Waals surface area contributed by atoms with Crippen LogP contribution >= 0.6 is 0 Å². The van der Waals surface area contributed by atoms with Crippen LogP contribution in [-0.2, 0) is 0 Å². The minimum Gasteiger partial charge on any atom is -0.396 e. The van der Waals surface area contributed by atoms with Crippen LogP contribution in [0.1, 0.15) is 85.5 Å². The lowest BCUT2D eigenvalue weighted by Crippen LogP contribution is -2.24. The van der Waals surface area contributed by atoms with Gasteiger partial charge in [0.25, 0.3) is 0 Å². The maximum absolute atomic E-state index is 9.44. The zero-order valence-electron chi connectivity index (χ0n) is 12.5. The Morgan fingerprint density at radius 2 is 1.12 bits per heavy atom. The smallest absolute Gasteiger partial charge is 0.0640 e. The van der Waals surface area contributed by atoms with Gasteiger partial charge >= 0.3 is 0 Å². The normalized spacial score (nSPS) is 10.9. The SMILES string of the molecule is CCC(O)(CC)CC.CCCCCCCCO. The Bertz CT molecular complexity index is 117. The Morgan fingerprint density at radius 3 is 1.41 bits per heavy atom. The van der Waals surface area contributed by atoms with Crippen molar-refractivity contribution in [2.45, 2.75) is 91.1 Å². The van der Waals surface area contributed by atoms with Gasteiger partial charge in [-0.2, -0.15) is 0 Å². The molecule has 2 heteroatoms. The molecule has 0 aliphatic rings. The van der Waals surface area contributed by atoms with Gasteiger partial charge in [0, 0.05) is 6.61 Å². The van der Waals surface area contributed by atoms with Gasteiger partial charge in [-0.05, 0) is 25.7 Å². The summed E-state index contributed by atoms with van der Waals surface area (Å²) in [7, 11) is 0. The van der Waals surface area contributed by atoms with Crippen LogP contribution in [0, 0.1) is 0 Å². The molecule has 0 amide bonds. The second-order valence-corrected chi connectivity index (χ2v) is 4.78. The van der Waals surface area contributed by atoms with Crippen molar-refractivity contribution in [2.75, 3.05) is 6.61 Å². The minimum atomic E-state index is -0.375. The van der Waals surface area contributed by atoms with Gasteiger partial charge in [0.05, 0.1) is 5.60 Å². The van der Waals surface area contributed by atoms with Crippen LogP contribution in [-0.4, -0.2) is 22.4 Å². The van der Waals surface area contributed by atoms with Gasteiger partial charge in [-0.1, -0.05) is 59.8 Å². The highest BCUT2D eigenvalue weighted by molar-refractivity contribution is 4.71. The van der Waals surface area contributed by atoms with Crippen molar-refractivity contribution in [2.24, 2.45) is 0 Å². The molecule has 0 radical (unpaired) electrons. The molecule has 0 fully saturated rings. The van der Waals surface area contributed by atoms with E-state index in [1.165, 1.54) is 32.1 Å². The molecule has 0 aliphatic carbocycles. The zero-order chi connectivity index (χ0) is 13.6. The van der Waals surface area contributed by atoms with Gasteiger partial charge in [-0.25, -0.2) is 0 Å². The number of rotatable bonds is 9. The van der Waals surface area contributed by atoms with Crippen molar-refractivity contribution in [1.29, 1.82) is 0 Å². The average Bonchev–Trinajstić information content (AvgIpc) is 2.38. The van der Waals surface area contributed by atoms with E-state index in [0.717, 1.165) is 25.7 Å². The van der Waals surface area contributed by atoms with Crippen LogP contribution in [0.15, 0.2) is 0 Å². The Balaban J connectivity index is 0. The fourth-order valence-corrected chi connectivity index (χ4v) is 1.64. The van der Waals surface area contributed by atoms with E-state index in [1.807, 2.05) is 20.8 Å². The third-order valence-electron chi connectivity index (χ3n) is 3.49. The first kappa shape index (κ1) is 19.3. The summed E-state index contributed by atoms with van der Waals surface area (Å²) < 4.78 is 0. The summed E-state index contributed by atoms with van der Waals surface area (Å²) in [5.74, 6) is 0. The van der Waals surface area contributed by atoms with Crippen LogP contribution in [0.4, 0.5) is 0 Å². The van der Waals surface area contributed by atoms with E-state index in [4.69, 9.17) is 5.11 Å². The maximum Gasteiger partial charge on any atom is 0.0640 e. The predicted molar refractivity (Wildman–Crippen MR) is 76.3 cm³/mol. The Morgan fingerprint density at radius 1 is 0.706 bits per heavy atom. The third kappa shape index (κ3) is 13.9. The molecule has 2 nitrogen and oxygen atoms in total. The van der Waals surface area contributed by atoms with Crippen molar-refractivity contribution in [3.05, 3.63) is 0 Å². The molecule has 0 aromatic carbocycles. The summed E-state index contributed by atoms with van der Waals surface area (Å²) in [6.45, 7) is 8.64. The summed E-state index contributed by atoms with van der Waals surface area (Å²) in [4.78, 5) is 0. The molecule has 0 rings (SSSR count). The number of unbranched alkanes of at least 4 members (excludes halogenated alkanes) is 5. The lowest BCUT2D eigenvalue weighted by atomic mass is 9.95. The van der Waals surface area contributed by atoms with Gasteiger partial charge < -0.3 is 10.2 Å².